The third kappa shape index (κ3) is 5.81. The van der Waals surface area contributed by atoms with E-state index in [0.29, 0.717) is 41.7 Å². The highest BCUT2D eigenvalue weighted by atomic mass is 35.5. The number of anilines is 2. The molecule has 3 aromatic carbocycles. The van der Waals surface area contributed by atoms with Crippen molar-refractivity contribution in [3.63, 3.8) is 0 Å². The van der Waals surface area contributed by atoms with Crippen molar-refractivity contribution in [2.75, 3.05) is 23.4 Å². The summed E-state index contributed by atoms with van der Waals surface area (Å²) in [5, 5.41) is 3.22. The molecule has 0 spiro atoms. The van der Waals surface area contributed by atoms with Gasteiger partial charge in [-0.05, 0) is 61.4 Å². The molecule has 8 heteroatoms. The predicted molar refractivity (Wildman–Crippen MR) is 136 cm³/mol. The molecule has 0 bridgehead atoms. The Kier molecular flexibility index (Phi) is 7.67. The lowest BCUT2D eigenvalue weighted by Crippen LogP contribution is -2.39. The van der Waals surface area contributed by atoms with Crippen LogP contribution in [0.2, 0.25) is 5.02 Å². The third-order valence-electron chi connectivity index (χ3n) is 5.70. The molecule has 3 aromatic rings. The number of carbonyl (C=O) groups is 3. The maximum Gasteiger partial charge on any atom is 0.332 e. The molecule has 1 atom stereocenters. The first-order chi connectivity index (χ1) is 17.0. The van der Waals surface area contributed by atoms with E-state index in [0.717, 1.165) is 10.5 Å². The summed E-state index contributed by atoms with van der Waals surface area (Å²) in [6.45, 7) is 2.74. The number of hydrogen-bond acceptors (Lipinski definition) is 4. The molecular weight excluding hydrogens is 466 g/mol. The van der Waals surface area contributed by atoms with Gasteiger partial charge in [0.25, 0.3) is 5.91 Å². The van der Waals surface area contributed by atoms with E-state index in [1.807, 2.05) is 37.3 Å². The zero-order valence-electron chi connectivity index (χ0n) is 19.3. The molecule has 1 aliphatic heterocycles. The number of benzene rings is 3. The lowest BCUT2D eigenvalue weighted by Gasteiger charge is -2.21. The van der Waals surface area contributed by atoms with Crippen LogP contribution in [-0.4, -0.2) is 41.9 Å². The van der Waals surface area contributed by atoms with Crippen LogP contribution >= 0.6 is 11.6 Å². The van der Waals surface area contributed by atoms with Crippen LogP contribution < -0.4 is 15.0 Å². The Hall–Kier alpha value is -3.84. The standard InChI is InChI=1S/C27H26ClN3O4/c1-2-35-23-13-11-21(12-14-23)29-25(32)18-24-26(33)31(22-10-6-9-20(28)17-22)27(34)30(24)16-15-19-7-4-3-5-8-19/h3-14,17,24H,2,15-16,18H2,1H3,(H,29,32). The number of nitrogens with one attached hydrogen (secondary N) is 1. The molecule has 4 amide bonds. The van der Waals surface area contributed by atoms with Crippen LogP contribution in [0.3, 0.4) is 0 Å². The minimum absolute atomic E-state index is 0.163. The monoisotopic (exact) mass is 491 g/mol. The topological polar surface area (TPSA) is 79.0 Å². The van der Waals surface area contributed by atoms with E-state index in [-0.39, 0.29) is 12.3 Å². The molecule has 1 saturated heterocycles. The van der Waals surface area contributed by atoms with Gasteiger partial charge < -0.3 is 15.0 Å². The average molecular weight is 492 g/mol. The van der Waals surface area contributed by atoms with Gasteiger partial charge in [-0.2, -0.15) is 0 Å². The number of halogens is 1. The second kappa shape index (κ2) is 11.1. The summed E-state index contributed by atoms with van der Waals surface area (Å²) in [6.07, 6.45) is 0.393. The zero-order chi connectivity index (χ0) is 24.8. The Bertz CT molecular complexity index is 1200. The molecule has 0 saturated carbocycles. The van der Waals surface area contributed by atoms with Crippen LogP contribution in [0.5, 0.6) is 5.75 Å². The number of rotatable bonds is 9. The summed E-state index contributed by atoms with van der Waals surface area (Å²) in [5.74, 6) is -0.114. The largest absolute Gasteiger partial charge is 0.494 e. The van der Waals surface area contributed by atoms with Crippen LogP contribution in [0.25, 0.3) is 0 Å². The van der Waals surface area contributed by atoms with Gasteiger partial charge in [0.1, 0.15) is 11.8 Å². The number of imide groups is 1. The van der Waals surface area contributed by atoms with Crippen molar-refractivity contribution in [2.45, 2.75) is 25.8 Å². The SMILES string of the molecule is CCOc1ccc(NC(=O)CC2C(=O)N(c3cccc(Cl)c3)C(=O)N2CCc2ccccc2)cc1. The number of urea groups is 1. The van der Waals surface area contributed by atoms with Crippen molar-refractivity contribution in [3.8, 4) is 5.75 Å². The molecule has 1 aliphatic rings. The van der Waals surface area contributed by atoms with Gasteiger partial charge in [-0.1, -0.05) is 48.0 Å². The maximum atomic E-state index is 13.4. The van der Waals surface area contributed by atoms with Gasteiger partial charge in [-0.25, -0.2) is 9.69 Å². The molecule has 7 nitrogen and oxygen atoms in total. The fourth-order valence-electron chi connectivity index (χ4n) is 4.02. The van der Waals surface area contributed by atoms with E-state index in [4.69, 9.17) is 16.3 Å². The first-order valence-electron chi connectivity index (χ1n) is 11.4. The molecule has 35 heavy (non-hydrogen) atoms. The Labute approximate surface area is 209 Å². The second-order valence-electron chi connectivity index (χ2n) is 8.09. The highest BCUT2D eigenvalue weighted by molar-refractivity contribution is 6.31. The number of carbonyl (C=O) groups excluding carboxylic acids is 3. The molecule has 1 unspecified atom stereocenters. The number of nitrogens with zero attached hydrogens (tertiary/aromatic N) is 2. The second-order valence-corrected chi connectivity index (χ2v) is 8.53. The van der Waals surface area contributed by atoms with E-state index in [1.165, 1.54) is 4.90 Å². The van der Waals surface area contributed by atoms with Gasteiger partial charge in [0.05, 0.1) is 18.7 Å². The minimum Gasteiger partial charge on any atom is -0.494 e. The van der Waals surface area contributed by atoms with Gasteiger partial charge in [-0.15, -0.1) is 0 Å². The smallest absolute Gasteiger partial charge is 0.332 e. The Morgan fingerprint density at radius 1 is 1.00 bits per heavy atom. The van der Waals surface area contributed by atoms with Gasteiger partial charge in [0, 0.05) is 17.3 Å². The first-order valence-corrected chi connectivity index (χ1v) is 11.8. The summed E-state index contributed by atoms with van der Waals surface area (Å²) < 4.78 is 5.42. The lowest BCUT2D eigenvalue weighted by atomic mass is 10.1. The van der Waals surface area contributed by atoms with Crippen molar-refractivity contribution in [1.29, 1.82) is 0 Å². The lowest BCUT2D eigenvalue weighted by molar-refractivity contribution is -0.124. The van der Waals surface area contributed by atoms with E-state index in [1.54, 1.807) is 48.5 Å². The molecule has 1 heterocycles. The van der Waals surface area contributed by atoms with Gasteiger partial charge in [0.15, 0.2) is 0 Å². The summed E-state index contributed by atoms with van der Waals surface area (Å²) in [4.78, 5) is 42.2. The van der Waals surface area contributed by atoms with Gasteiger partial charge in [0.2, 0.25) is 5.91 Å². The molecule has 0 aromatic heterocycles. The Morgan fingerprint density at radius 2 is 1.74 bits per heavy atom. The molecular formula is C27H26ClN3O4. The quantitative estimate of drug-likeness (QED) is 0.420. The van der Waals surface area contributed by atoms with E-state index >= 15 is 0 Å². The molecule has 180 valence electrons. The van der Waals surface area contributed by atoms with E-state index < -0.39 is 18.0 Å². The average Bonchev–Trinajstić information content (AvgIpc) is 3.08. The van der Waals surface area contributed by atoms with E-state index in [2.05, 4.69) is 5.32 Å². The molecule has 0 aliphatic carbocycles. The number of ether oxygens (including phenoxy) is 1. The molecule has 4 rings (SSSR count). The highest BCUT2D eigenvalue weighted by Gasteiger charge is 2.46. The predicted octanol–water partition coefficient (Wildman–Crippen LogP) is 5.15. The number of amides is 4. The van der Waals surface area contributed by atoms with Crippen LogP contribution in [0.1, 0.15) is 18.9 Å². The van der Waals surface area contributed by atoms with Crippen molar-refractivity contribution in [1.82, 2.24) is 4.90 Å². The summed E-state index contributed by atoms with van der Waals surface area (Å²) in [7, 11) is 0. The summed E-state index contributed by atoms with van der Waals surface area (Å²) in [5.41, 5.74) is 2.00. The normalized spacial score (nSPS) is 15.4. The van der Waals surface area contributed by atoms with Crippen molar-refractivity contribution < 1.29 is 19.1 Å². The molecule has 1 fully saturated rings. The first kappa shape index (κ1) is 24.3. The fourth-order valence-corrected chi connectivity index (χ4v) is 4.21. The van der Waals surface area contributed by atoms with Crippen LogP contribution in [-0.2, 0) is 16.0 Å². The molecule has 0 radical (unpaired) electrons. The minimum atomic E-state index is -0.923. The maximum absolute atomic E-state index is 13.4. The van der Waals surface area contributed by atoms with E-state index in [9.17, 15) is 14.4 Å². The molecule has 1 N–H and O–H groups in total. The number of hydrogen-bond donors (Lipinski definition) is 1. The summed E-state index contributed by atoms with van der Waals surface area (Å²) in [6, 6.07) is 21.9. The third-order valence-corrected chi connectivity index (χ3v) is 5.93. The Morgan fingerprint density at radius 3 is 2.43 bits per heavy atom. The van der Waals surface area contributed by atoms with Crippen LogP contribution in [0, 0.1) is 0 Å². The van der Waals surface area contributed by atoms with Crippen LogP contribution in [0.15, 0.2) is 78.9 Å². The Balaban J connectivity index is 1.52. The van der Waals surface area contributed by atoms with Crippen molar-refractivity contribution in [2.24, 2.45) is 0 Å². The highest BCUT2D eigenvalue weighted by Crippen LogP contribution is 2.29. The van der Waals surface area contributed by atoms with Crippen molar-refractivity contribution >= 4 is 40.8 Å². The van der Waals surface area contributed by atoms with Gasteiger partial charge in [-0.3, -0.25) is 9.59 Å². The fraction of sp³-hybridized carbons (Fsp3) is 0.222. The summed E-state index contributed by atoms with van der Waals surface area (Å²) >= 11 is 6.10. The van der Waals surface area contributed by atoms with Crippen LogP contribution in [0.4, 0.5) is 16.2 Å². The van der Waals surface area contributed by atoms with Gasteiger partial charge >= 0.3 is 6.03 Å². The van der Waals surface area contributed by atoms with Crippen molar-refractivity contribution in [3.05, 3.63) is 89.4 Å². The zero-order valence-corrected chi connectivity index (χ0v) is 20.1.